The molecule has 0 radical (unpaired) electrons. The molecule has 5 nitrogen and oxygen atoms in total. The van der Waals surface area contributed by atoms with E-state index in [1.807, 2.05) is 0 Å². The molecule has 0 unspecified atom stereocenters. The van der Waals surface area contributed by atoms with Gasteiger partial charge in [-0.05, 0) is 12.1 Å². The molecule has 0 aliphatic heterocycles. The summed E-state index contributed by atoms with van der Waals surface area (Å²) in [4.78, 5) is 18.6. The fourth-order valence-electron chi connectivity index (χ4n) is 1.84. The van der Waals surface area contributed by atoms with Gasteiger partial charge in [-0.2, -0.15) is 22.0 Å². The SMILES string of the molecule is O=C(NCc1cnccc1C(F)(F)F)c1cnc(OC(F)F)c(F)c1. The first-order chi connectivity index (χ1) is 11.7. The Kier molecular flexibility index (Phi) is 5.45. The van der Waals surface area contributed by atoms with E-state index < -0.39 is 42.5 Å². The average Bonchev–Trinajstić information content (AvgIpc) is 2.53. The smallest absolute Gasteiger partial charge is 0.414 e. The lowest BCUT2D eigenvalue weighted by Crippen LogP contribution is -2.25. The number of hydrogen-bond acceptors (Lipinski definition) is 4. The number of alkyl halides is 5. The molecule has 1 N–H and O–H groups in total. The van der Waals surface area contributed by atoms with Crippen LogP contribution >= 0.6 is 0 Å². The monoisotopic (exact) mass is 365 g/mol. The lowest BCUT2D eigenvalue weighted by Gasteiger charge is -2.13. The van der Waals surface area contributed by atoms with Crippen LogP contribution < -0.4 is 10.1 Å². The van der Waals surface area contributed by atoms with E-state index in [2.05, 4.69) is 20.0 Å². The van der Waals surface area contributed by atoms with Crippen molar-refractivity contribution in [1.29, 1.82) is 0 Å². The van der Waals surface area contributed by atoms with Gasteiger partial charge in [0.15, 0.2) is 5.82 Å². The zero-order valence-corrected chi connectivity index (χ0v) is 12.1. The van der Waals surface area contributed by atoms with Crippen LogP contribution in [0.3, 0.4) is 0 Å². The predicted octanol–water partition coefficient (Wildman–Crippen LogP) is 3.17. The van der Waals surface area contributed by atoms with Gasteiger partial charge < -0.3 is 10.1 Å². The standard InChI is InChI=1S/C14H9F6N3O2/c15-10-3-7(5-23-12(10)25-13(16)17)11(24)22-6-8-4-21-2-1-9(8)14(18,19)20/h1-5,13H,6H2,(H,22,24). The van der Waals surface area contributed by atoms with Crippen LogP contribution in [0.25, 0.3) is 0 Å². The molecule has 0 aliphatic rings. The summed E-state index contributed by atoms with van der Waals surface area (Å²) in [5.41, 5.74) is -1.65. The maximum atomic E-state index is 13.5. The number of carbonyl (C=O) groups is 1. The second-order valence-electron chi connectivity index (χ2n) is 4.60. The number of rotatable bonds is 5. The number of aromatic nitrogens is 2. The summed E-state index contributed by atoms with van der Waals surface area (Å²) in [6.07, 6.45) is -1.99. The van der Waals surface area contributed by atoms with E-state index in [1.54, 1.807) is 0 Å². The molecule has 0 saturated heterocycles. The number of ether oxygens (including phenoxy) is 1. The molecule has 2 aromatic heterocycles. The highest BCUT2D eigenvalue weighted by molar-refractivity contribution is 5.93. The molecule has 0 aliphatic carbocycles. The van der Waals surface area contributed by atoms with E-state index in [0.29, 0.717) is 6.07 Å². The van der Waals surface area contributed by atoms with Gasteiger partial charge in [-0.15, -0.1) is 0 Å². The number of pyridine rings is 2. The summed E-state index contributed by atoms with van der Waals surface area (Å²) in [7, 11) is 0. The minimum absolute atomic E-state index is 0.297. The van der Waals surface area contributed by atoms with Crippen LogP contribution in [0.5, 0.6) is 5.88 Å². The number of nitrogens with zero attached hydrogens (tertiary/aromatic N) is 2. The Hall–Kier alpha value is -2.85. The molecular formula is C14H9F6N3O2. The van der Waals surface area contributed by atoms with Gasteiger partial charge in [0.1, 0.15) is 0 Å². The predicted molar refractivity (Wildman–Crippen MR) is 71.2 cm³/mol. The number of carbonyl (C=O) groups excluding carboxylic acids is 1. The van der Waals surface area contributed by atoms with Crippen molar-refractivity contribution in [1.82, 2.24) is 15.3 Å². The van der Waals surface area contributed by atoms with Crippen molar-refractivity contribution in [3.05, 3.63) is 53.2 Å². The number of nitrogens with one attached hydrogen (secondary N) is 1. The summed E-state index contributed by atoms with van der Waals surface area (Å²) in [6, 6.07) is 1.33. The molecule has 134 valence electrons. The second-order valence-corrected chi connectivity index (χ2v) is 4.60. The third kappa shape index (κ3) is 4.81. The molecule has 0 fully saturated rings. The van der Waals surface area contributed by atoms with Gasteiger partial charge in [0.2, 0.25) is 0 Å². The topological polar surface area (TPSA) is 64.1 Å². The molecule has 0 aromatic carbocycles. The van der Waals surface area contributed by atoms with Crippen LogP contribution in [-0.4, -0.2) is 22.5 Å². The highest BCUT2D eigenvalue weighted by Gasteiger charge is 2.33. The molecular weight excluding hydrogens is 356 g/mol. The van der Waals surface area contributed by atoms with Crippen molar-refractivity contribution in [2.45, 2.75) is 19.3 Å². The Labute approximate surface area is 136 Å². The van der Waals surface area contributed by atoms with Crippen molar-refractivity contribution in [3.8, 4) is 5.88 Å². The summed E-state index contributed by atoms with van der Waals surface area (Å²) in [6.45, 7) is -3.83. The van der Waals surface area contributed by atoms with Crippen molar-refractivity contribution < 1.29 is 35.9 Å². The Morgan fingerprint density at radius 1 is 1.28 bits per heavy atom. The van der Waals surface area contributed by atoms with Crippen LogP contribution in [0.4, 0.5) is 26.3 Å². The van der Waals surface area contributed by atoms with Gasteiger partial charge in [0.25, 0.3) is 11.8 Å². The highest BCUT2D eigenvalue weighted by atomic mass is 19.4. The maximum absolute atomic E-state index is 13.5. The van der Waals surface area contributed by atoms with Crippen LogP contribution in [0.15, 0.2) is 30.7 Å². The fourth-order valence-corrected chi connectivity index (χ4v) is 1.84. The molecule has 2 aromatic rings. The van der Waals surface area contributed by atoms with Gasteiger partial charge in [0, 0.05) is 30.7 Å². The third-order valence-electron chi connectivity index (χ3n) is 2.92. The quantitative estimate of drug-likeness (QED) is 0.827. The van der Waals surface area contributed by atoms with Gasteiger partial charge in [0.05, 0.1) is 11.1 Å². The normalized spacial score (nSPS) is 11.5. The molecule has 0 spiro atoms. The lowest BCUT2D eigenvalue weighted by atomic mass is 10.1. The lowest BCUT2D eigenvalue weighted by molar-refractivity contribution is -0.138. The summed E-state index contributed by atoms with van der Waals surface area (Å²) >= 11 is 0. The van der Waals surface area contributed by atoms with Crippen molar-refractivity contribution in [2.24, 2.45) is 0 Å². The molecule has 0 saturated carbocycles. The molecule has 0 bridgehead atoms. The number of amides is 1. The first-order valence-electron chi connectivity index (χ1n) is 6.57. The van der Waals surface area contributed by atoms with Gasteiger partial charge in [-0.1, -0.05) is 0 Å². The van der Waals surface area contributed by atoms with Crippen molar-refractivity contribution in [2.75, 3.05) is 0 Å². The van der Waals surface area contributed by atoms with E-state index in [0.717, 1.165) is 24.7 Å². The molecule has 2 heterocycles. The number of hydrogen-bond donors (Lipinski definition) is 1. The fraction of sp³-hybridized carbons (Fsp3) is 0.214. The van der Waals surface area contributed by atoms with E-state index in [1.165, 1.54) is 0 Å². The van der Waals surface area contributed by atoms with Gasteiger partial charge >= 0.3 is 12.8 Å². The summed E-state index contributed by atoms with van der Waals surface area (Å²) in [5, 5.41) is 2.14. The van der Waals surface area contributed by atoms with Crippen LogP contribution in [-0.2, 0) is 12.7 Å². The zero-order chi connectivity index (χ0) is 18.6. The minimum Gasteiger partial charge on any atom is -0.414 e. The molecule has 0 atom stereocenters. The van der Waals surface area contributed by atoms with E-state index >= 15 is 0 Å². The number of halogens is 6. The summed E-state index contributed by atoms with van der Waals surface area (Å²) < 4.78 is 79.7. The van der Waals surface area contributed by atoms with Crippen LogP contribution in [0.2, 0.25) is 0 Å². The Balaban J connectivity index is 2.10. The second kappa shape index (κ2) is 7.36. The van der Waals surface area contributed by atoms with E-state index in [4.69, 9.17) is 0 Å². The molecule has 25 heavy (non-hydrogen) atoms. The Morgan fingerprint density at radius 3 is 2.60 bits per heavy atom. The first-order valence-corrected chi connectivity index (χ1v) is 6.57. The molecule has 11 heteroatoms. The first kappa shape index (κ1) is 18.5. The zero-order valence-electron chi connectivity index (χ0n) is 12.1. The molecule has 2 rings (SSSR count). The summed E-state index contributed by atoms with van der Waals surface area (Å²) in [5.74, 6) is -3.27. The van der Waals surface area contributed by atoms with Gasteiger partial charge in [-0.25, -0.2) is 9.37 Å². The third-order valence-corrected chi connectivity index (χ3v) is 2.92. The van der Waals surface area contributed by atoms with Crippen LogP contribution in [0, 0.1) is 5.82 Å². The minimum atomic E-state index is -4.63. The van der Waals surface area contributed by atoms with E-state index in [-0.39, 0.29) is 11.1 Å². The average molecular weight is 365 g/mol. The van der Waals surface area contributed by atoms with E-state index in [9.17, 15) is 31.1 Å². The highest BCUT2D eigenvalue weighted by Crippen LogP contribution is 2.31. The van der Waals surface area contributed by atoms with Gasteiger partial charge in [-0.3, -0.25) is 9.78 Å². The Morgan fingerprint density at radius 2 is 2.00 bits per heavy atom. The van der Waals surface area contributed by atoms with Crippen molar-refractivity contribution >= 4 is 5.91 Å². The van der Waals surface area contributed by atoms with Crippen molar-refractivity contribution in [3.63, 3.8) is 0 Å². The molecule has 1 amide bonds. The largest absolute Gasteiger partial charge is 0.416 e. The maximum Gasteiger partial charge on any atom is 0.416 e. The Bertz CT molecular complexity index is 766. The van der Waals surface area contributed by atoms with Crippen LogP contribution in [0.1, 0.15) is 21.5 Å².